The molecule has 4 nitrogen and oxygen atoms in total. The summed E-state index contributed by atoms with van der Waals surface area (Å²) in [6.07, 6.45) is 0. The van der Waals surface area contributed by atoms with Crippen molar-refractivity contribution in [1.29, 1.82) is 0 Å². The number of thiophene rings is 1. The first-order chi connectivity index (χ1) is 8.67. The fraction of sp³-hybridized carbons (Fsp3) is 0.333. The Morgan fingerprint density at radius 1 is 1.39 bits per heavy atom. The van der Waals surface area contributed by atoms with Gasteiger partial charge in [-0.3, -0.25) is 0 Å². The zero-order valence-corrected chi connectivity index (χ0v) is 12.5. The number of hydrogen-bond acceptors (Lipinski definition) is 4. The van der Waals surface area contributed by atoms with Gasteiger partial charge in [0.15, 0.2) is 0 Å². The number of ether oxygens (including phenoxy) is 2. The number of pyridine rings is 1. The summed E-state index contributed by atoms with van der Waals surface area (Å²) in [5, 5.41) is 0.950. The molecule has 0 aliphatic rings. The smallest absolute Gasteiger partial charge is 0.367 e. The van der Waals surface area contributed by atoms with E-state index in [0.29, 0.717) is 24.0 Å². The fourth-order valence-corrected chi connectivity index (χ4v) is 3.39. The summed E-state index contributed by atoms with van der Waals surface area (Å²) in [4.78, 5) is 16.4. The molecule has 0 unspecified atom stereocenters. The Balaban J connectivity index is 2.45. The number of nitrogens with one attached hydrogen (secondary N) is 1. The van der Waals surface area contributed by atoms with Crippen LogP contribution in [0.4, 0.5) is 0 Å². The second-order valence-corrected chi connectivity index (χ2v) is 5.28. The molecule has 0 atom stereocenters. The van der Waals surface area contributed by atoms with Crippen LogP contribution < -0.4 is 9.72 Å². The van der Waals surface area contributed by atoms with Gasteiger partial charge in [0, 0.05) is 0 Å². The van der Waals surface area contributed by atoms with Gasteiger partial charge in [0.05, 0.1) is 29.1 Å². The van der Waals surface area contributed by atoms with Crippen LogP contribution in [0.3, 0.4) is 0 Å². The molecule has 0 saturated carbocycles. The van der Waals surface area contributed by atoms with E-state index in [1.165, 1.54) is 11.3 Å². The quantitative estimate of drug-likeness (QED) is 0.809. The summed E-state index contributed by atoms with van der Waals surface area (Å²) in [6, 6.07) is 3.76. The minimum atomic E-state index is -0.308. The van der Waals surface area contributed by atoms with Crippen molar-refractivity contribution in [1.82, 2.24) is 0 Å². The maximum absolute atomic E-state index is 11.8. The lowest BCUT2D eigenvalue weighted by Gasteiger charge is -1.97. The molecule has 0 spiro atoms. The lowest BCUT2D eigenvalue weighted by atomic mass is 10.3. The first-order valence-corrected chi connectivity index (χ1v) is 7.22. The predicted octanol–water partition coefficient (Wildman–Crippen LogP) is 3.05. The van der Waals surface area contributed by atoms with Crippen LogP contribution in [-0.4, -0.2) is 19.2 Å². The molecule has 1 N–H and O–H groups in total. The van der Waals surface area contributed by atoms with Crippen molar-refractivity contribution in [2.45, 2.75) is 13.8 Å². The Bertz CT molecular complexity index is 582. The number of H-pyrrole nitrogens is 1. The third kappa shape index (κ3) is 2.49. The van der Waals surface area contributed by atoms with Crippen LogP contribution in [0, 0.1) is 0 Å². The van der Waals surface area contributed by atoms with Crippen LogP contribution in [0.2, 0.25) is 0 Å². The van der Waals surface area contributed by atoms with E-state index in [0.717, 1.165) is 14.7 Å². The van der Waals surface area contributed by atoms with Gasteiger partial charge >= 0.3 is 11.8 Å². The van der Waals surface area contributed by atoms with Crippen molar-refractivity contribution < 1.29 is 19.3 Å². The average Bonchev–Trinajstić information content (AvgIpc) is 2.67. The number of aromatic amines is 1. The summed E-state index contributed by atoms with van der Waals surface area (Å²) in [5.41, 5.74) is 0. The minimum Gasteiger partial charge on any atom is -0.462 e. The maximum atomic E-state index is 11.8. The largest absolute Gasteiger partial charge is 0.462 e. The molecule has 0 aliphatic heterocycles. The molecule has 6 heteroatoms. The van der Waals surface area contributed by atoms with E-state index >= 15 is 0 Å². The number of carbonyl (C=O) groups is 1. The van der Waals surface area contributed by atoms with Crippen LogP contribution in [0.5, 0.6) is 5.88 Å². The minimum absolute atomic E-state index is 0.308. The van der Waals surface area contributed by atoms with E-state index in [1.54, 1.807) is 6.92 Å². The van der Waals surface area contributed by atoms with Gasteiger partial charge < -0.3 is 9.47 Å². The molecular formula is C12H13BrNO3S+. The third-order valence-corrected chi connectivity index (χ3v) is 4.47. The molecule has 96 valence electrons. The van der Waals surface area contributed by atoms with E-state index < -0.39 is 0 Å². The molecule has 0 saturated heterocycles. The average molecular weight is 331 g/mol. The fourth-order valence-electron chi connectivity index (χ4n) is 1.55. The van der Waals surface area contributed by atoms with Gasteiger partial charge in [-0.05, 0) is 35.8 Å². The molecular weight excluding hydrogens is 318 g/mol. The molecule has 0 fully saturated rings. The van der Waals surface area contributed by atoms with Gasteiger partial charge in [-0.25, -0.2) is 4.79 Å². The number of aromatic nitrogens is 1. The van der Waals surface area contributed by atoms with Crippen molar-refractivity contribution in [2.24, 2.45) is 0 Å². The van der Waals surface area contributed by atoms with Crippen molar-refractivity contribution >= 4 is 43.5 Å². The number of halogens is 1. The van der Waals surface area contributed by atoms with Crippen LogP contribution >= 0.6 is 27.3 Å². The highest BCUT2D eigenvalue weighted by Gasteiger charge is 2.22. The standard InChI is InChI=1S/C12H12BrNO3S/c1-3-16-8-6-5-7-9(13)10(12(15)17-4-2)18-11(7)14-8/h5-6H,3-4H2,1-2H3/p+1. The van der Waals surface area contributed by atoms with Crippen molar-refractivity contribution in [3.05, 3.63) is 21.5 Å². The number of carbonyl (C=O) groups excluding carboxylic acids is 1. The number of rotatable bonds is 4. The van der Waals surface area contributed by atoms with Crippen LogP contribution in [-0.2, 0) is 4.74 Å². The van der Waals surface area contributed by atoms with E-state index in [-0.39, 0.29) is 5.97 Å². The summed E-state index contributed by atoms with van der Waals surface area (Å²) in [6.45, 7) is 4.68. The molecule has 2 rings (SSSR count). The van der Waals surface area contributed by atoms with Gasteiger partial charge in [-0.1, -0.05) is 11.3 Å². The molecule has 2 heterocycles. The van der Waals surface area contributed by atoms with E-state index in [9.17, 15) is 4.79 Å². The normalized spacial score (nSPS) is 10.6. The highest BCUT2D eigenvalue weighted by atomic mass is 79.9. The van der Waals surface area contributed by atoms with Crippen molar-refractivity contribution in [3.8, 4) is 5.88 Å². The summed E-state index contributed by atoms with van der Waals surface area (Å²) in [7, 11) is 0. The molecule has 0 aliphatic carbocycles. The first-order valence-electron chi connectivity index (χ1n) is 5.61. The molecule has 0 radical (unpaired) electrons. The highest BCUT2D eigenvalue weighted by Crippen LogP contribution is 2.34. The predicted molar refractivity (Wildman–Crippen MR) is 73.2 cm³/mol. The van der Waals surface area contributed by atoms with Crippen LogP contribution in [0.1, 0.15) is 23.5 Å². The van der Waals surface area contributed by atoms with Gasteiger partial charge in [-0.15, -0.1) is 0 Å². The Morgan fingerprint density at radius 2 is 2.17 bits per heavy atom. The van der Waals surface area contributed by atoms with Gasteiger partial charge in [0.1, 0.15) is 4.88 Å². The number of esters is 1. The Hall–Kier alpha value is -1.14. The Morgan fingerprint density at radius 3 is 2.83 bits per heavy atom. The van der Waals surface area contributed by atoms with Crippen molar-refractivity contribution in [3.63, 3.8) is 0 Å². The Labute approximate surface area is 117 Å². The van der Waals surface area contributed by atoms with Crippen molar-refractivity contribution in [2.75, 3.05) is 13.2 Å². The maximum Gasteiger partial charge on any atom is 0.367 e. The van der Waals surface area contributed by atoms with E-state index in [2.05, 4.69) is 20.9 Å². The zero-order valence-electron chi connectivity index (χ0n) is 10.1. The second-order valence-electron chi connectivity index (χ2n) is 3.46. The lowest BCUT2D eigenvalue weighted by molar-refractivity contribution is -0.360. The summed E-state index contributed by atoms with van der Waals surface area (Å²) < 4.78 is 11.2. The van der Waals surface area contributed by atoms with Crippen LogP contribution in [0.25, 0.3) is 10.2 Å². The molecule has 0 bridgehead atoms. The lowest BCUT2D eigenvalue weighted by Crippen LogP contribution is -2.08. The Kier molecular flexibility index (Phi) is 4.19. The first kappa shape index (κ1) is 13.3. The molecule has 2 aromatic heterocycles. The van der Waals surface area contributed by atoms with Crippen LogP contribution in [0.15, 0.2) is 16.6 Å². The SMILES string of the molecule is CCOC(=O)c1sc2[nH+]c(OCC)ccc2c1Br. The molecule has 2 aromatic rings. The van der Waals surface area contributed by atoms with Gasteiger partial charge in [-0.2, -0.15) is 4.98 Å². The monoisotopic (exact) mass is 330 g/mol. The van der Waals surface area contributed by atoms with E-state index in [1.807, 2.05) is 19.1 Å². The molecule has 18 heavy (non-hydrogen) atoms. The number of fused-ring (bicyclic) bond motifs is 1. The number of hydrogen-bond donors (Lipinski definition) is 0. The second kappa shape index (κ2) is 5.67. The summed E-state index contributed by atoms with van der Waals surface area (Å²) in [5.74, 6) is 0.381. The van der Waals surface area contributed by atoms with Gasteiger partial charge in [0.2, 0.25) is 0 Å². The molecule has 0 amide bonds. The zero-order chi connectivity index (χ0) is 13.1. The molecule has 0 aromatic carbocycles. The topological polar surface area (TPSA) is 49.7 Å². The van der Waals surface area contributed by atoms with Gasteiger partial charge in [0.25, 0.3) is 4.83 Å². The van der Waals surface area contributed by atoms with E-state index in [4.69, 9.17) is 9.47 Å². The highest BCUT2D eigenvalue weighted by molar-refractivity contribution is 9.10. The summed E-state index contributed by atoms with van der Waals surface area (Å²) >= 11 is 4.79. The third-order valence-electron chi connectivity index (χ3n) is 2.28.